The highest BCUT2D eigenvalue weighted by Gasteiger charge is 2.35. The highest BCUT2D eigenvalue weighted by Crippen LogP contribution is 2.39. The van der Waals surface area contributed by atoms with E-state index >= 15 is 0 Å². The average Bonchev–Trinajstić information content (AvgIpc) is 2.18. The second-order valence-electron chi connectivity index (χ2n) is 3.21. The predicted molar refractivity (Wildman–Crippen MR) is 48.8 cm³/mol. The fourth-order valence-corrected chi connectivity index (χ4v) is 1.24. The molecule has 0 aliphatic heterocycles. The maximum atomic E-state index is 12.5. The van der Waals surface area contributed by atoms with Gasteiger partial charge in [0.2, 0.25) is 0 Å². The Bertz CT molecular complexity index is 392. The fourth-order valence-electron chi connectivity index (χ4n) is 1.24. The van der Waals surface area contributed by atoms with Crippen LogP contribution in [0.2, 0.25) is 0 Å². The van der Waals surface area contributed by atoms with Gasteiger partial charge in [0.05, 0.1) is 18.2 Å². The van der Waals surface area contributed by atoms with E-state index in [1.54, 1.807) is 0 Å². The van der Waals surface area contributed by atoms with Crippen molar-refractivity contribution in [1.82, 2.24) is 0 Å². The molecule has 1 aromatic carbocycles. The molecule has 0 radical (unpaired) electrons. The van der Waals surface area contributed by atoms with Crippen LogP contribution < -0.4 is 5.73 Å². The van der Waals surface area contributed by atoms with Crippen molar-refractivity contribution in [3.63, 3.8) is 0 Å². The van der Waals surface area contributed by atoms with Crippen LogP contribution in [0.4, 0.5) is 13.2 Å². The monoisotopic (exact) mass is 237 g/mol. The largest absolute Gasteiger partial charge is 0.504 e. The molecule has 0 aliphatic rings. The zero-order valence-electron chi connectivity index (χ0n) is 7.99. The maximum Gasteiger partial charge on any atom is 0.416 e. The van der Waals surface area contributed by atoms with Gasteiger partial charge in [-0.25, -0.2) is 0 Å². The summed E-state index contributed by atoms with van der Waals surface area (Å²) in [7, 11) is 0. The first-order valence-electron chi connectivity index (χ1n) is 4.27. The van der Waals surface area contributed by atoms with Crippen LogP contribution in [0.5, 0.6) is 11.5 Å². The average molecular weight is 237 g/mol. The first-order chi connectivity index (χ1) is 7.27. The second kappa shape index (κ2) is 4.18. The standard InChI is InChI=1S/C9H10F3NO3/c10-9(11,12)5-2-8(16)7(15)1-4(5)6(13)3-14/h1-2,6,14-16H,3,13H2. The Morgan fingerprint density at radius 1 is 1.19 bits per heavy atom. The van der Waals surface area contributed by atoms with Gasteiger partial charge < -0.3 is 21.1 Å². The summed E-state index contributed by atoms with van der Waals surface area (Å²) in [5, 5.41) is 26.8. The third kappa shape index (κ3) is 2.37. The van der Waals surface area contributed by atoms with Gasteiger partial charge in [-0.1, -0.05) is 0 Å². The number of aromatic hydroxyl groups is 2. The van der Waals surface area contributed by atoms with E-state index in [0.717, 1.165) is 0 Å². The first-order valence-corrected chi connectivity index (χ1v) is 4.27. The van der Waals surface area contributed by atoms with E-state index in [9.17, 15) is 13.2 Å². The lowest BCUT2D eigenvalue weighted by atomic mass is 10.00. The van der Waals surface area contributed by atoms with Crippen LogP contribution in [0.15, 0.2) is 12.1 Å². The second-order valence-corrected chi connectivity index (χ2v) is 3.21. The van der Waals surface area contributed by atoms with Crippen LogP contribution in [0, 0.1) is 0 Å². The molecule has 0 amide bonds. The third-order valence-corrected chi connectivity index (χ3v) is 2.05. The number of halogens is 3. The van der Waals surface area contributed by atoms with Gasteiger partial charge in [-0.2, -0.15) is 13.2 Å². The van der Waals surface area contributed by atoms with Crippen LogP contribution >= 0.6 is 0 Å². The normalized spacial score (nSPS) is 13.8. The minimum atomic E-state index is -4.71. The zero-order chi connectivity index (χ0) is 12.5. The number of rotatable bonds is 2. The molecule has 1 rings (SSSR count). The molecule has 90 valence electrons. The molecule has 0 saturated heterocycles. The molecule has 0 aliphatic carbocycles. The van der Waals surface area contributed by atoms with E-state index in [1.807, 2.05) is 0 Å². The molecule has 1 unspecified atom stereocenters. The molecule has 0 fully saturated rings. The van der Waals surface area contributed by atoms with Crippen LogP contribution in [-0.4, -0.2) is 21.9 Å². The molecule has 7 heteroatoms. The Balaban J connectivity index is 3.39. The van der Waals surface area contributed by atoms with Crippen molar-refractivity contribution in [2.24, 2.45) is 5.73 Å². The summed E-state index contributed by atoms with van der Waals surface area (Å²) in [5.41, 5.74) is 3.62. The van der Waals surface area contributed by atoms with Crippen molar-refractivity contribution in [2.75, 3.05) is 6.61 Å². The van der Waals surface area contributed by atoms with Crippen molar-refractivity contribution in [2.45, 2.75) is 12.2 Å². The summed E-state index contributed by atoms with van der Waals surface area (Å²) in [6.45, 7) is -0.701. The van der Waals surface area contributed by atoms with Gasteiger partial charge in [-0.3, -0.25) is 0 Å². The van der Waals surface area contributed by atoms with Crippen molar-refractivity contribution < 1.29 is 28.5 Å². The predicted octanol–water partition coefficient (Wildman–Crippen LogP) is 1.11. The molecule has 0 heterocycles. The summed E-state index contributed by atoms with van der Waals surface area (Å²) in [4.78, 5) is 0. The maximum absolute atomic E-state index is 12.5. The Morgan fingerprint density at radius 3 is 2.12 bits per heavy atom. The third-order valence-electron chi connectivity index (χ3n) is 2.05. The molecular formula is C9H10F3NO3. The quantitative estimate of drug-likeness (QED) is 0.580. The van der Waals surface area contributed by atoms with Crippen LogP contribution in [-0.2, 0) is 6.18 Å². The van der Waals surface area contributed by atoms with Gasteiger partial charge in [0.1, 0.15) is 0 Å². The summed E-state index contributed by atoms with van der Waals surface area (Å²) in [6.07, 6.45) is -4.71. The number of aliphatic hydroxyl groups is 1. The Labute approximate surface area is 88.7 Å². The summed E-state index contributed by atoms with van der Waals surface area (Å²) in [6, 6.07) is -0.206. The van der Waals surface area contributed by atoms with E-state index in [4.69, 9.17) is 21.1 Å². The summed E-state index contributed by atoms with van der Waals surface area (Å²) >= 11 is 0. The van der Waals surface area contributed by atoms with Gasteiger partial charge in [-0.05, 0) is 17.7 Å². The van der Waals surface area contributed by atoms with Gasteiger partial charge in [0, 0.05) is 0 Å². The van der Waals surface area contributed by atoms with Crippen molar-refractivity contribution in [1.29, 1.82) is 0 Å². The molecule has 5 N–H and O–H groups in total. The van der Waals surface area contributed by atoms with Crippen LogP contribution in [0.3, 0.4) is 0 Å². The Kier molecular flexibility index (Phi) is 3.30. The minimum Gasteiger partial charge on any atom is -0.504 e. The molecule has 4 nitrogen and oxygen atoms in total. The van der Waals surface area contributed by atoms with Crippen LogP contribution in [0.1, 0.15) is 17.2 Å². The van der Waals surface area contributed by atoms with Gasteiger partial charge in [0.15, 0.2) is 11.5 Å². The molecule has 16 heavy (non-hydrogen) atoms. The molecular weight excluding hydrogens is 227 g/mol. The molecule has 0 bridgehead atoms. The van der Waals surface area contributed by atoms with Gasteiger partial charge >= 0.3 is 6.18 Å². The Hall–Kier alpha value is -1.47. The number of benzene rings is 1. The topological polar surface area (TPSA) is 86.7 Å². The molecule has 0 spiro atoms. The molecule has 0 saturated carbocycles. The van der Waals surface area contributed by atoms with E-state index in [-0.39, 0.29) is 0 Å². The van der Waals surface area contributed by atoms with E-state index < -0.39 is 41.5 Å². The minimum absolute atomic E-state index is 0.375. The first kappa shape index (κ1) is 12.6. The molecule has 1 aromatic rings. The van der Waals surface area contributed by atoms with Crippen molar-refractivity contribution in [3.05, 3.63) is 23.3 Å². The summed E-state index contributed by atoms with van der Waals surface area (Å²) in [5.74, 6) is -1.60. The number of phenols is 2. The summed E-state index contributed by atoms with van der Waals surface area (Å²) < 4.78 is 37.6. The number of hydrogen-bond donors (Lipinski definition) is 4. The van der Waals surface area contributed by atoms with Gasteiger partial charge in [-0.15, -0.1) is 0 Å². The number of phenolic OH excluding ortho intramolecular Hbond substituents is 2. The SMILES string of the molecule is NC(CO)c1cc(O)c(O)cc1C(F)(F)F. The lowest BCUT2D eigenvalue weighted by molar-refractivity contribution is -0.138. The van der Waals surface area contributed by atoms with Gasteiger partial charge in [0.25, 0.3) is 0 Å². The number of nitrogens with two attached hydrogens (primary N) is 1. The highest BCUT2D eigenvalue weighted by atomic mass is 19.4. The Morgan fingerprint density at radius 2 is 1.69 bits per heavy atom. The van der Waals surface area contributed by atoms with Crippen LogP contribution in [0.25, 0.3) is 0 Å². The lowest BCUT2D eigenvalue weighted by Crippen LogP contribution is -2.20. The van der Waals surface area contributed by atoms with E-state index in [2.05, 4.69) is 0 Å². The zero-order valence-corrected chi connectivity index (χ0v) is 7.99. The fraction of sp³-hybridized carbons (Fsp3) is 0.333. The smallest absolute Gasteiger partial charge is 0.416 e. The van der Waals surface area contributed by atoms with Crippen molar-refractivity contribution in [3.8, 4) is 11.5 Å². The number of aliphatic hydroxyl groups excluding tert-OH is 1. The van der Waals surface area contributed by atoms with E-state index in [1.165, 1.54) is 0 Å². The lowest BCUT2D eigenvalue weighted by Gasteiger charge is -2.17. The van der Waals surface area contributed by atoms with E-state index in [0.29, 0.717) is 12.1 Å². The molecule has 0 aromatic heterocycles. The highest BCUT2D eigenvalue weighted by molar-refractivity contribution is 5.47. The van der Waals surface area contributed by atoms with Crippen molar-refractivity contribution >= 4 is 0 Å². The number of hydrogen-bond acceptors (Lipinski definition) is 4. The number of alkyl halides is 3. The molecule has 1 atom stereocenters.